The van der Waals surface area contributed by atoms with Crippen LogP contribution in [0.4, 0.5) is 14.5 Å². The fourth-order valence-electron chi connectivity index (χ4n) is 1.43. The van der Waals surface area contributed by atoms with Crippen molar-refractivity contribution >= 4 is 5.69 Å². The molecule has 0 aliphatic rings. The van der Waals surface area contributed by atoms with Gasteiger partial charge < -0.3 is 5.32 Å². The van der Waals surface area contributed by atoms with Gasteiger partial charge in [0.25, 0.3) is 0 Å². The van der Waals surface area contributed by atoms with Crippen LogP contribution in [0.3, 0.4) is 0 Å². The van der Waals surface area contributed by atoms with Crippen LogP contribution in [0.5, 0.6) is 0 Å². The molecule has 0 aliphatic heterocycles. The zero-order chi connectivity index (χ0) is 12.3. The summed E-state index contributed by atoms with van der Waals surface area (Å²) in [4.78, 5) is 4.12. The van der Waals surface area contributed by atoms with Crippen LogP contribution in [-0.4, -0.2) is 4.98 Å². The summed E-state index contributed by atoms with van der Waals surface area (Å²) in [7, 11) is 0. The SMILES string of the molecule is Cc1ccc(CNc2cc(F)ccc2F)cn1. The number of nitrogens with one attached hydrogen (secondary N) is 1. The first kappa shape index (κ1) is 11.5. The van der Waals surface area contributed by atoms with E-state index in [-0.39, 0.29) is 5.69 Å². The second kappa shape index (κ2) is 4.91. The molecule has 88 valence electrons. The number of aromatic nitrogens is 1. The fraction of sp³-hybridized carbons (Fsp3) is 0.154. The van der Waals surface area contributed by atoms with Crippen molar-refractivity contribution < 1.29 is 8.78 Å². The molecule has 0 unspecified atom stereocenters. The maximum atomic E-state index is 13.3. The first-order valence-corrected chi connectivity index (χ1v) is 5.25. The predicted octanol–water partition coefficient (Wildman–Crippen LogP) is 3.28. The number of benzene rings is 1. The van der Waals surface area contributed by atoms with Gasteiger partial charge in [-0.3, -0.25) is 4.98 Å². The van der Waals surface area contributed by atoms with Gasteiger partial charge in [0, 0.05) is 18.4 Å². The number of hydrogen-bond acceptors (Lipinski definition) is 2. The van der Waals surface area contributed by atoms with Crippen LogP contribution in [0.1, 0.15) is 11.3 Å². The van der Waals surface area contributed by atoms with Crippen molar-refractivity contribution in [3.63, 3.8) is 0 Å². The molecule has 0 fully saturated rings. The zero-order valence-electron chi connectivity index (χ0n) is 9.37. The van der Waals surface area contributed by atoms with Crippen molar-refractivity contribution in [2.45, 2.75) is 13.5 Å². The van der Waals surface area contributed by atoms with Crippen molar-refractivity contribution in [1.82, 2.24) is 4.98 Å². The summed E-state index contributed by atoms with van der Waals surface area (Å²) in [6, 6.07) is 7.10. The second-order valence-corrected chi connectivity index (χ2v) is 3.79. The Morgan fingerprint density at radius 1 is 1.18 bits per heavy atom. The summed E-state index contributed by atoms with van der Waals surface area (Å²) in [6.45, 7) is 2.30. The molecule has 0 amide bonds. The minimum absolute atomic E-state index is 0.158. The minimum Gasteiger partial charge on any atom is -0.378 e. The Balaban J connectivity index is 2.07. The van der Waals surface area contributed by atoms with Crippen molar-refractivity contribution in [1.29, 1.82) is 0 Å². The molecule has 1 aromatic carbocycles. The van der Waals surface area contributed by atoms with E-state index in [2.05, 4.69) is 10.3 Å². The van der Waals surface area contributed by atoms with E-state index in [1.807, 2.05) is 19.1 Å². The number of anilines is 1. The third kappa shape index (κ3) is 3.00. The third-order valence-corrected chi connectivity index (χ3v) is 2.38. The number of rotatable bonds is 3. The van der Waals surface area contributed by atoms with Gasteiger partial charge in [-0.2, -0.15) is 0 Å². The predicted molar refractivity (Wildman–Crippen MR) is 62.7 cm³/mol. The third-order valence-electron chi connectivity index (χ3n) is 2.38. The standard InChI is InChI=1S/C13H12F2N2/c1-9-2-3-10(7-16-9)8-17-13-6-11(14)4-5-12(13)15/h2-7,17H,8H2,1H3. The van der Waals surface area contributed by atoms with Crippen LogP contribution in [0, 0.1) is 18.6 Å². The van der Waals surface area contributed by atoms with E-state index in [0.29, 0.717) is 6.54 Å². The highest BCUT2D eigenvalue weighted by Gasteiger charge is 2.03. The molecule has 1 N–H and O–H groups in total. The maximum Gasteiger partial charge on any atom is 0.146 e. The van der Waals surface area contributed by atoms with E-state index in [0.717, 1.165) is 29.5 Å². The largest absolute Gasteiger partial charge is 0.378 e. The number of halogens is 2. The molecule has 0 aliphatic carbocycles. The quantitative estimate of drug-likeness (QED) is 0.881. The van der Waals surface area contributed by atoms with Crippen LogP contribution >= 0.6 is 0 Å². The van der Waals surface area contributed by atoms with Crippen molar-refractivity contribution in [2.75, 3.05) is 5.32 Å². The van der Waals surface area contributed by atoms with Crippen LogP contribution < -0.4 is 5.32 Å². The molecule has 17 heavy (non-hydrogen) atoms. The highest BCUT2D eigenvalue weighted by atomic mass is 19.1. The average molecular weight is 234 g/mol. The molecule has 4 heteroatoms. The molecular weight excluding hydrogens is 222 g/mol. The maximum absolute atomic E-state index is 13.3. The summed E-state index contributed by atoms with van der Waals surface area (Å²) in [5.74, 6) is -0.928. The van der Waals surface area contributed by atoms with E-state index in [4.69, 9.17) is 0 Å². The van der Waals surface area contributed by atoms with Crippen LogP contribution in [-0.2, 0) is 6.54 Å². The van der Waals surface area contributed by atoms with Gasteiger partial charge in [-0.1, -0.05) is 6.07 Å². The molecule has 0 bridgehead atoms. The van der Waals surface area contributed by atoms with E-state index in [1.54, 1.807) is 6.20 Å². The minimum atomic E-state index is -0.466. The number of aryl methyl sites for hydroxylation is 1. The molecule has 0 saturated carbocycles. The molecule has 1 heterocycles. The Kier molecular flexibility index (Phi) is 3.32. The van der Waals surface area contributed by atoms with Gasteiger partial charge in [0.2, 0.25) is 0 Å². The highest BCUT2D eigenvalue weighted by molar-refractivity contribution is 5.45. The summed E-state index contributed by atoms with van der Waals surface area (Å²) in [6.07, 6.45) is 1.71. The Labute approximate surface area is 98.3 Å². The van der Waals surface area contributed by atoms with Gasteiger partial charge in [-0.25, -0.2) is 8.78 Å². The second-order valence-electron chi connectivity index (χ2n) is 3.79. The van der Waals surface area contributed by atoms with Gasteiger partial charge in [0.1, 0.15) is 11.6 Å². The Bertz CT molecular complexity index is 509. The smallest absolute Gasteiger partial charge is 0.146 e. The van der Waals surface area contributed by atoms with Gasteiger partial charge in [0.15, 0.2) is 0 Å². The van der Waals surface area contributed by atoms with E-state index < -0.39 is 11.6 Å². The normalized spacial score (nSPS) is 10.3. The number of pyridine rings is 1. The van der Waals surface area contributed by atoms with Gasteiger partial charge in [-0.15, -0.1) is 0 Å². The first-order chi connectivity index (χ1) is 8.15. The highest BCUT2D eigenvalue weighted by Crippen LogP contribution is 2.16. The molecule has 0 radical (unpaired) electrons. The first-order valence-electron chi connectivity index (χ1n) is 5.25. The molecule has 1 aromatic heterocycles. The molecule has 0 atom stereocenters. The van der Waals surface area contributed by atoms with Crippen molar-refractivity contribution in [3.8, 4) is 0 Å². The van der Waals surface area contributed by atoms with Crippen LogP contribution in [0.25, 0.3) is 0 Å². The summed E-state index contributed by atoms with van der Waals surface area (Å²) in [5.41, 5.74) is 2.00. The topological polar surface area (TPSA) is 24.9 Å². The van der Waals surface area contributed by atoms with E-state index in [1.165, 1.54) is 0 Å². The average Bonchev–Trinajstić information content (AvgIpc) is 2.32. The molecule has 2 aromatic rings. The van der Waals surface area contributed by atoms with Gasteiger partial charge in [0.05, 0.1) is 5.69 Å². The monoisotopic (exact) mass is 234 g/mol. The van der Waals surface area contributed by atoms with Crippen LogP contribution in [0.2, 0.25) is 0 Å². The molecule has 0 spiro atoms. The van der Waals surface area contributed by atoms with E-state index in [9.17, 15) is 8.78 Å². The molecule has 2 rings (SSSR count). The summed E-state index contributed by atoms with van der Waals surface area (Å²) >= 11 is 0. The Hall–Kier alpha value is -1.97. The summed E-state index contributed by atoms with van der Waals surface area (Å²) in [5, 5.41) is 2.83. The lowest BCUT2D eigenvalue weighted by molar-refractivity contribution is 0.602. The Morgan fingerprint density at radius 2 is 2.00 bits per heavy atom. The fourth-order valence-corrected chi connectivity index (χ4v) is 1.43. The molecular formula is C13H12F2N2. The Morgan fingerprint density at radius 3 is 2.71 bits per heavy atom. The molecule has 0 saturated heterocycles. The zero-order valence-corrected chi connectivity index (χ0v) is 9.37. The molecule has 2 nitrogen and oxygen atoms in total. The van der Waals surface area contributed by atoms with E-state index >= 15 is 0 Å². The lowest BCUT2D eigenvalue weighted by Gasteiger charge is -2.07. The number of nitrogens with zero attached hydrogens (tertiary/aromatic N) is 1. The van der Waals surface area contributed by atoms with Gasteiger partial charge >= 0.3 is 0 Å². The lowest BCUT2D eigenvalue weighted by Crippen LogP contribution is -2.02. The van der Waals surface area contributed by atoms with Gasteiger partial charge in [-0.05, 0) is 36.8 Å². The van der Waals surface area contributed by atoms with Crippen molar-refractivity contribution in [3.05, 3.63) is 59.4 Å². The summed E-state index contributed by atoms with van der Waals surface area (Å²) < 4.78 is 26.2. The number of hydrogen-bond donors (Lipinski definition) is 1. The van der Waals surface area contributed by atoms with Crippen LogP contribution in [0.15, 0.2) is 36.5 Å². The lowest BCUT2D eigenvalue weighted by atomic mass is 10.2. The van der Waals surface area contributed by atoms with Crippen molar-refractivity contribution in [2.24, 2.45) is 0 Å².